The molecular formula is C13H11ClFN3O5S2. The number of non-ortho nitro benzene ring substituents is 1. The maximum atomic E-state index is 13.7. The standard InChI is InChI=1S/C13H11ClFN3O5S2/c1-17(25(22,23)13-5-4-11(14)24-13)7-12(19)16-10-6-8(18(20)21)2-3-9(10)15/h2-6H,7H2,1H3,(H,16,19). The maximum absolute atomic E-state index is 13.7. The first-order valence-electron chi connectivity index (χ1n) is 6.56. The molecule has 0 aliphatic carbocycles. The Balaban J connectivity index is 2.12. The number of anilines is 1. The Morgan fingerprint density at radius 2 is 2.08 bits per heavy atom. The summed E-state index contributed by atoms with van der Waals surface area (Å²) < 4.78 is 39.2. The number of benzene rings is 1. The smallest absolute Gasteiger partial charge is 0.271 e. The molecule has 12 heteroatoms. The first kappa shape index (κ1) is 19.2. The third kappa shape index (κ3) is 4.51. The average Bonchev–Trinajstić information content (AvgIpc) is 2.96. The molecule has 1 aromatic carbocycles. The first-order valence-corrected chi connectivity index (χ1v) is 9.20. The number of nitrogens with one attached hydrogen (secondary N) is 1. The molecule has 0 radical (unpaired) electrons. The van der Waals surface area contributed by atoms with Gasteiger partial charge in [-0.15, -0.1) is 11.3 Å². The number of thiophene rings is 1. The second-order valence-electron chi connectivity index (χ2n) is 4.79. The van der Waals surface area contributed by atoms with Gasteiger partial charge in [0.15, 0.2) is 0 Å². The zero-order chi connectivity index (χ0) is 18.8. The van der Waals surface area contributed by atoms with Crippen LogP contribution in [0.4, 0.5) is 15.8 Å². The SMILES string of the molecule is CN(CC(=O)Nc1cc([N+](=O)[O-])ccc1F)S(=O)(=O)c1ccc(Cl)s1. The fourth-order valence-corrected chi connectivity index (χ4v) is 4.61. The number of likely N-dealkylation sites (N-methyl/N-ethyl adjacent to an activating group) is 1. The van der Waals surface area contributed by atoms with Crippen molar-refractivity contribution >= 4 is 50.2 Å². The molecule has 8 nitrogen and oxygen atoms in total. The van der Waals surface area contributed by atoms with Crippen LogP contribution >= 0.6 is 22.9 Å². The Hall–Kier alpha value is -2.08. The molecule has 0 unspecified atom stereocenters. The van der Waals surface area contributed by atoms with Crippen molar-refractivity contribution in [3.63, 3.8) is 0 Å². The van der Waals surface area contributed by atoms with Crippen LogP contribution in [0.15, 0.2) is 34.5 Å². The number of amides is 1. The number of nitro benzene ring substituents is 1. The molecule has 0 saturated heterocycles. The lowest BCUT2D eigenvalue weighted by Crippen LogP contribution is -2.34. The molecule has 0 atom stereocenters. The van der Waals surface area contributed by atoms with Gasteiger partial charge < -0.3 is 5.32 Å². The molecule has 0 bridgehead atoms. The number of nitro groups is 1. The van der Waals surface area contributed by atoms with E-state index in [4.69, 9.17) is 11.6 Å². The van der Waals surface area contributed by atoms with Crippen molar-refractivity contribution in [1.82, 2.24) is 4.31 Å². The molecule has 134 valence electrons. The zero-order valence-corrected chi connectivity index (χ0v) is 15.0. The highest BCUT2D eigenvalue weighted by Crippen LogP contribution is 2.27. The van der Waals surface area contributed by atoms with E-state index in [2.05, 4.69) is 5.32 Å². The number of hydrogen-bond donors (Lipinski definition) is 1. The molecule has 0 aliphatic heterocycles. The van der Waals surface area contributed by atoms with Gasteiger partial charge in [-0.1, -0.05) is 11.6 Å². The van der Waals surface area contributed by atoms with Gasteiger partial charge in [0.05, 0.1) is 21.5 Å². The normalized spacial score (nSPS) is 11.5. The highest BCUT2D eigenvalue weighted by Gasteiger charge is 2.25. The lowest BCUT2D eigenvalue weighted by molar-refractivity contribution is -0.384. The predicted octanol–water partition coefficient (Wildman–Crippen LogP) is 2.71. The van der Waals surface area contributed by atoms with E-state index < -0.39 is 44.6 Å². The number of carbonyl (C=O) groups excluding carboxylic acids is 1. The third-order valence-electron chi connectivity index (χ3n) is 3.01. The van der Waals surface area contributed by atoms with Crippen LogP contribution in [-0.4, -0.2) is 37.1 Å². The van der Waals surface area contributed by atoms with E-state index in [0.717, 1.165) is 33.8 Å². The number of carbonyl (C=O) groups is 1. The second-order valence-corrected chi connectivity index (χ2v) is 8.78. The van der Waals surface area contributed by atoms with Crippen LogP contribution in [0.5, 0.6) is 0 Å². The minimum atomic E-state index is -3.93. The highest BCUT2D eigenvalue weighted by atomic mass is 35.5. The quantitative estimate of drug-likeness (QED) is 0.584. The summed E-state index contributed by atoms with van der Waals surface area (Å²) in [7, 11) is -2.76. The van der Waals surface area contributed by atoms with Gasteiger partial charge >= 0.3 is 0 Å². The van der Waals surface area contributed by atoms with Gasteiger partial charge in [-0.3, -0.25) is 14.9 Å². The maximum Gasteiger partial charge on any atom is 0.271 e. The molecule has 1 amide bonds. The fourth-order valence-electron chi connectivity index (χ4n) is 1.79. The Morgan fingerprint density at radius 1 is 1.40 bits per heavy atom. The van der Waals surface area contributed by atoms with Crippen LogP contribution < -0.4 is 5.32 Å². The largest absolute Gasteiger partial charge is 0.322 e. The summed E-state index contributed by atoms with van der Waals surface area (Å²) in [5.74, 6) is -1.73. The summed E-state index contributed by atoms with van der Waals surface area (Å²) in [5, 5.41) is 12.8. The summed E-state index contributed by atoms with van der Waals surface area (Å²) >= 11 is 6.53. The van der Waals surface area contributed by atoms with E-state index in [1.807, 2.05) is 0 Å². The van der Waals surface area contributed by atoms with Gasteiger partial charge in [0, 0.05) is 19.2 Å². The van der Waals surface area contributed by atoms with Crippen molar-refractivity contribution < 1.29 is 22.5 Å². The molecule has 25 heavy (non-hydrogen) atoms. The molecule has 1 heterocycles. The minimum absolute atomic E-state index is 0.0469. The van der Waals surface area contributed by atoms with Gasteiger partial charge in [-0.05, 0) is 18.2 Å². The van der Waals surface area contributed by atoms with Crippen LogP contribution in [0.25, 0.3) is 0 Å². The van der Waals surface area contributed by atoms with E-state index in [1.54, 1.807) is 0 Å². The summed E-state index contributed by atoms with van der Waals surface area (Å²) in [5.41, 5.74) is -0.824. The lowest BCUT2D eigenvalue weighted by Gasteiger charge is -2.15. The van der Waals surface area contributed by atoms with Crippen LogP contribution in [0.2, 0.25) is 4.34 Å². The summed E-state index contributed by atoms with van der Waals surface area (Å²) in [4.78, 5) is 21.9. The number of halogens is 2. The highest BCUT2D eigenvalue weighted by molar-refractivity contribution is 7.91. The first-order chi connectivity index (χ1) is 11.6. The second kappa shape index (κ2) is 7.44. The van der Waals surface area contributed by atoms with Crippen molar-refractivity contribution in [2.45, 2.75) is 4.21 Å². The Kier molecular flexibility index (Phi) is 5.72. The van der Waals surface area contributed by atoms with Gasteiger partial charge in [0.25, 0.3) is 15.7 Å². The number of rotatable bonds is 6. The zero-order valence-electron chi connectivity index (χ0n) is 12.6. The van der Waals surface area contributed by atoms with Gasteiger partial charge in [-0.25, -0.2) is 12.8 Å². The van der Waals surface area contributed by atoms with E-state index in [1.165, 1.54) is 19.2 Å². The minimum Gasteiger partial charge on any atom is -0.322 e. The van der Waals surface area contributed by atoms with Crippen molar-refractivity contribution in [3.8, 4) is 0 Å². The molecule has 1 N–H and O–H groups in total. The van der Waals surface area contributed by atoms with E-state index in [0.29, 0.717) is 0 Å². The Morgan fingerprint density at radius 3 is 2.64 bits per heavy atom. The Bertz CT molecular complexity index is 931. The van der Waals surface area contributed by atoms with E-state index >= 15 is 0 Å². The summed E-state index contributed by atoms with van der Waals surface area (Å²) in [6, 6.07) is 5.34. The molecule has 2 rings (SSSR count). The van der Waals surface area contributed by atoms with Crippen LogP contribution in [-0.2, 0) is 14.8 Å². The van der Waals surface area contributed by atoms with Crippen molar-refractivity contribution in [3.05, 3.63) is 50.6 Å². The van der Waals surface area contributed by atoms with Gasteiger partial charge in [0.1, 0.15) is 10.0 Å². The molecule has 0 fully saturated rings. The van der Waals surface area contributed by atoms with Crippen molar-refractivity contribution in [1.29, 1.82) is 0 Å². The van der Waals surface area contributed by atoms with Crippen LogP contribution in [0.3, 0.4) is 0 Å². The molecule has 2 aromatic rings. The Labute approximate surface area is 151 Å². The van der Waals surface area contributed by atoms with Crippen LogP contribution in [0.1, 0.15) is 0 Å². The van der Waals surface area contributed by atoms with E-state index in [9.17, 15) is 27.7 Å². The third-order valence-corrected chi connectivity index (χ3v) is 6.52. The molecule has 1 aromatic heterocycles. The molecule has 0 aliphatic rings. The number of hydrogen-bond acceptors (Lipinski definition) is 6. The van der Waals surface area contributed by atoms with E-state index in [-0.39, 0.29) is 8.55 Å². The molecular weight excluding hydrogens is 397 g/mol. The van der Waals surface area contributed by atoms with Crippen molar-refractivity contribution in [2.75, 3.05) is 18.9 Å². The fraction of sp³-hybridized carbons (Fsp3) is 0.154. The monoisotopic (exact) mass is 407 g/mol. The van der Waals surface area contributed by atoms with Gasteiger partial charge in [0.2, 0.25) is 5.91 Å². The summed E-state index contributed by atoms with van der Waals surface area (Å²) in [6.07, 6.45) is 0. The number of nitrogens with zero attached hydrogens (tertiary/aromatic N) is 2. The predicted molar refractivity (Wildman–Crippen MR) is 90.8 cm³/mol. The number of sulfonamides is 1. The topological polar surface area (TPSA) is 110 Å². The molecule has 0 saturated carbocycles. The lowest BCUT2D eigenvalue weighted by atomic mass is 10.2. The molecule has 0 spiro atoms. The van der Waals surface area contributed by atoms with Crippen LogP contribution in [0, 0.1) is 15.9 Å². The summed E-state index contributed by atoms with van der Waals surface area (Å²) in [6.45, 7) is -0.611. The average molecular weight is 408 g/mol. The van der Waals surface area contributed by atoms with Crippen molar-refractivity contribution in [2.24, 2.45) is 0 Å². The van der Waals surface area contributed by atoms with Gasteiger partial charge in [-0.2, -0.15) is 4.31 Å².